The first kappa shape index (κ1) is 32.4. The van der Waals surface area contributed by atoms with Crippen LogP contribution in [0.3, 0.4) is 0 Å². The number of rotatable bonds is 8. The van der Waals surface area contributed by atoms with Gasteiger partial charge in [0.1, 0.15) is 22.7 Å². The first-order valence-corrected chi connectivity index (χ1v) is 15.0. The largest absolute Gasteiger partial charge is 0.418 e. The Morgan fingerprint density at radius 1 is 1.07 bits per heavy atom. The number of halogens is 4. The average Bonchev–Trinajstić information content (AvgIpc) is 3.62. The van der Waals surface area contributed by atoms with Gasteiger partial charge in [0.2, 0.25) is 0 Å². The summed E-state index contributed by atoms with van der Waals surface area (Å²) in [5.41, 5.74) is 0.0158. The molecule has 1 aliphatic heterocycles. The number of nitrogens with one attached hydrogen (secondary N) is 1. The van der Waals surface area contributed by atoms with Crippen molar-refractivity contribution < 1.29 is 22.8 Å². The lowest BCUT2D eigenvalue weighted by atomic mass is 10.1. The third-order valence-corrected chi connectivity index (χ3v) is 8.25. The second-order valence-electron chi connectivity index (χ2n) is 10.4. The molecule has 0 radical (unpaired) electrons. The Hall–Kier alpha value is -3.49. The summed E-state index contributed by atoms with van der Waals surface area (Å²) >= 11 is 6.65. The summed E-state index contributed by atoms with van der Waals surface area (Å²) in [5.74, 6) is -0.666. The summed E-state index contributed by atoms with van der Waals surface area (Å²) < 4.78 is 40.1. The minimum absolute atomic E-state index is 0.0460. The van der Waals surface area contributed by atoms with Crippen LogP contribution in [0, 0.1) is 0 Å². The van der Waals surface area contributed by atoms with E-state index in [0.29, 0.717) is 22.3 Å². The van der Waals surface area contributed by atoms with E-state index in [0.717, 1.165) is 36.1 Å². The molecule has 0 aromatic carbocycles. The number of carbonyl (C=O) groups is 2. The molecule has 1 amide bonds. The van der Waals surface area contributed by atoms with E-state index in [4.69, 9.17) is 11.6 Å². The van der Waals surface area contributed by atoms with E-state index in [1.165, 1.54) is 63.1 Å². The molecule has 0 spiro atoms. The molecule has 1 fully saturated rings. The van der Waals surface area contributed by atoms with Crippen LogP contribution in [0.2, 0.25) is 5.02 Å². The van der Waals surface area contributed by atoms with Crippen molar-refractivity contribution in [2.75, 3.05) is 25.0 Å². The molecular formula is C28H32ClF3N8O2S. The van der Waals surface area contributed by atoms with E-state index < -0.39 is 22.7 Å². The van der Waals surface area contributed by atoms with Gasteiger partial charge in [0.05, 0.1) is 27.2 Å². The highest BCUT2D eigenvalue weighted by atomic mass is 35.5. The molecule has 5 heterocycles. The number of piperidine rings is 1. The Morgan fingerprint density at radius 2 is 1.81 bits per heavy atom. The maximum Gasteiger partial charge on any atom is 0.418 e. The maximum absolute atomic E-state index is 12.7. The van der Waals surface area contributed by atoms with E-state index in [1.54, 1.807) is 0 Å². The van der Waals surface area contributed by atoms with E-state index in [2.05, 4.69) is 35.3 Å². The maximum atomic E-state index is 12.7. The number of thiazole rings is 1. The standard InChI is InChI=1S/C15H21N5O.C13H11ClF3N3OS/c1-12(21)14-13-10-20(18-15(13)17-11-16-14)9-5-8-19-6-3-2-4-7-19;1-6(2)12-19-5-9(22-12)11(21)20-10-3-7(13(15,16)17)8(14)4-18-10/h10-11H,2-9H2,1H3;3-6H,1-2H3,(H,18,20,21). The number of hydrogen-bond donors (Lipinski definition) is 1. The van der Waals surface area contributed by atoms with Crippen LogP contribution in [-0.4, -0.2) is 65.9 Å². The molecule has 1 N–H and O–H groups in total. The smallest absolute Gasteiger partial charge is 0.306 e. The number of alkyl halides is 3. The number of ketones is 1. The fraction of sp³-hybridized carbons (Fsp3) is 0.464. The molecule has 0 bridgehead atoms. The van der Waals surface area contributed by atoms with Crippen molar-refractivity contribution in [2.24, 2.45) is 0 Å². The number of anilines is 1. The number of aromatic nitrogens is 6. The van der Waals surface area contributed by atoms with Crippen molar-refractivity contribution in [1.82, 2.24) is 34.6 Å². The molecule has 4 aromatic rings. The zero-order valence-corrected chi connectivity index (χ0v) is 25.6. The predicted molar refractivity (Wildman–Crippen MR) is 159 cm³/mol. The molecular weight excluding hydrogens is 605 g/mol. The summed E-state index contributed by atoms with van der Waals surface area (Å²) in [6.45, 7) is 9.79. The number of amides is 1. The number of hydrogen-bond acceptors (Lipinski definition) is 9. The van der Waals surface area contributed by atoms with Gasteiger partial charge < -0.3 is 10.2 Å². The highest BCUT2D eigenvalue weighted by molar-refractivity contribution is 7.13. The van der Waals surface area contributed by atoms with E-state index in [-0.39, 0.29) is 17.5 Å². The van der Waals surface area contributed by atoms with Crippen molar-refractivity contribution in [3.8, 4) is 0 Å². The van der Waals surface area contributed by atoms with Crippen molar-refractivity contribution in [2.45, 2.75) is 65.1 Å². The van der Waals surface area contributed by atoms with Gasteiger partial charge >= 0.3 is 6.18 Å². The lowest BCUT2D eigenvalue weighted by Crippen LogP contribution is -2.31. The normalized spacial score (nSPS) is 14.0. The Morgan fingerprint density at radius 3 is 2.47 bits per heavy atom. The quantitative estimate of drug-likeness (QED) is 0.218. The van der Waals surface area contributed by atoms with Crippen LogP contribution in [0.1, 0.15) is 83.1 Å². The van der Waals surface area contributed by atoms with E-state index in [9.17, 15) is 22.8 Å². The number of fused-ring (bicyclic) bond motifs is 1. The van der Waals surface area contributed by atoms with Crippen molar-refractivity contribution in [3.05, 3.63) is 57.1 Å². The monoisotopic (exact) mass is 636 g/mol. The zero-order chi connectivity index (χ0) is 31.1. The van der Waals surface area contributed by atoms with Crippen LogP contribution in [-0.2, 0) is 12.7 Å². The molecule has 1 saturated heterocycles. The van der Waals surface area contributed by atoms with Crippen molar-refractivity contribution in [1.29, 1.82) is 0 Å². The first-order chi connectivity index (χ1) is 20.4. The summed E-state index contributed by atoms with van der Waals surface area (Å²) in [6.07, 6.45) is 6.00. The highest BCUT2D eigenvalue weighted by Gasteiger charge is 2.34. The summed E-state index contributed by atoms with van der Waals surface area (Å²) in [4.78, 5) is 42.3. The van der Waals surface area contributed by atoms with Crippen LogP contribution >= 0.6 is 22.9 Å². The lowest BCUT2D eigenvalue weighted by molar-refractivity contribution is -0.137. The second kappa shape index (κ2) is 14.3. The molecule has 43 heavy (non-hydrogen) atoms. The van der Waals surface area contributed by atoms with E-state index >= 15 is 0 Å². The van der Waals surface area contributed by atoms with E-state index in [1.807, 2.05) is 24.7 Å². The van der Waals surface area contributed by atoms with Gasteiger partial charge in [-0.25, -0.2) is 19.9 Å². The third-order valence-electron chi connectivity index (χ3n) is 6.65. The highest BCUT2D eigenvalue weighted by Crippen LogP contribution is 2.35. The van der Waals surface area contributed by atoms with Gasteiger partial charge in [-0.05, 0) is 45.0 Å². The van der Waals surface area contributed by atoms with Gasteiger partial charge in [-0.15, -0.1) is 11.3 Å². The van der Waals surface area contributed by atoms with Crippen LogP contribution in [0.15, 0.2) is 31.0 Å². The lowest BCUT2D eigenvalue weighted by Gasteiger charge is -2.26. The fourth-order valence-electron chi connectivity index (χ4n) is 4.48. The average molecular weight is 637 g/mol. The molecule has 5 rings (SSSR count). The molecule has 4 aromatic heterocycles. The Labute approximate surface area is 255 Å². The minimum Gasteiger partial charge on any atom is -0.306 e. The summed E-state index contributed by atoms with van der Waals surface area (Å²) in [6, 6.07) is 0.699. The van der Waals surface area contributed by atoms with Gasteiger partial charge in [-0.3, -0.25) is 14.3 Å². The molecule has 10 nitrogen and oxygen atoms in total. The number of likely N-dealkylation sites (tertiary alicyclic amines) is 1. The Kier molecular flexibility index (Phi) is 10.8. The fourth-order valence-corrected chi connectivity index (χ4v) is 5.51. The molecule has 230 valence electrons. The number of Topliss-reactive ketones (excluding diaryl/α,β-unsaturated/α-hetero) is 1. The predicted octanol–water partition coefficient (Wildman–Crippen LogP) is 6.49. The minimum atomic E-state index is -4.62. The topological polar surface area (TPSA) is 119 Å². The summed E-state index contributed by atoms with van der Waals surface area (Å²) in [5, 5.41) is 7.74. The number of pyridine rings is 1. The second-order valence-corrected chi connectivity index (χ2v) is 11.9. The van der Waals surface area contributed by atoms with Gasteiger partial charge in [-0.2, -0.15) is 18.3 Å². The molecule has 0 atom stereocenters. The zero-order valence-electron chi connectivity index (χ0n) is 24.0. The van der Waals surface area contributed by atoms with Gasteiger partial charge in [0.25, 0.3) is 5.91 Å². The van der Waals surface area contributed by atoms with Crippen molar-refractivity contribution in [3.63, 3.8) is 0 Å². The number of carbonyl (C=O) groups excluding carboxylic acids is 2. The van der Waals surface area contributed by atoms with Gasteiger partial charge in [0, 0.05) is 31.8 Å². The van der Waals surface area contributed by atoms with Crippen LogP contribution in [0.25, 0.3) is 11.0 Å². The molecule has 1 aliphatic rings. The van der Waals surface area contributed by atoms with Crippen LogP contribution in [0.4, 0.5) is 19.0 Å². The molecule has 0 saturated carbocycles. The van der Waals surface area contributed by atoms with Gasteiger partial charge in [0.15, 0.2) is 11.4 Å². The molecule has 0 unspecified atom stereocenters. The number of nitrogens with zero attached hydrogens (tertiary/aromatic N) is 7. The van der Waals surface area contributed by atoms with Crippen molar-refractivity contribution >= 4 is 51.5 Å². The van der Waals surface area contributed by atoms with Crippen LogP contribution < -0.4 is 5.32 Å². The molecule has 15 heteroatoms. The summed E-state index contributed by atoms with van der Waals surface area (Å²) in [7, 11) is 0. The number of aryl methyl sites for hydroxylation is 1. The molecule has 0 aliphatic carbocycles. The first-order valence-electron chi connectivity index (χ1n) is 13.8. The third kappa shape index (κ3) is 8.77. The Balaban J connectivity index is 0.000000197. The van der Waals surface area contributed by atoms with Gasteiger partial charge in [-0.1, -0.05) is 31.9 Å². The van der Waals surface area contributed by atoms with Crippen LogP contribution in [0.5, 0.6) is 0 Å². The SMILES string of the molecule is CC(=O)c1ncnc2nn(CCCN3CCCCC3)cc12.CC(C)c1ncc(C(=O)Nc2cc(C(F)(F)F)c(Cl)cn2)s1. The Bertz CT molecular complexity index is 1570.